The lowest BCUT2D eigenvalue weighted by Crippen LogP contribution is -2.29. The van der Waals surface area contributed by atoms with Gasteiger partial charge in [0.25, 0.3) is 11.5 Å². The number of fused-ring (bicyclic) bond motifs is 1. The summed E-state index contributed by atoms with van der Waals surface area (Å²) in [6.07, 6.45) is 2.65. The van der Waals surface area contributed by atoms with Gasteiger partial charge in [0.2, 0.25) is 0 Å². The van der Waals surface area contributed by atoms with Gasteiger partial charge in [-0.05, 0) is 42.7 Å². The van der Waals surface area contributed by atoms with E-state index in [1.54, 1.807) is 12.3 Å². The van der Waals surface area contributed by atoms with Crippen molar-refractivity contribution in [2.75, 3.05) is 36.5 Å². The van der Waals surface area contributed by atoms with Crippen LogP contribution in [0.1, 0.15) is 29.9 Å². The van der Waals surface area contributed by atoms with Crippen LogP contribution in [0.4, 0.5) is 20.2 Å². The molecule has 0 unspecified atom stereocenters. The molecule has 12 heteroatoms. The second kappa shape index (κ2) is 9.86. The van der Waals surface area contributed by atoms with Crippen LogP contribution in [-0.2, 0) is 4.74 Å². The summed E-state index contributed by atoms with van der Waals surface area (Å²) in [4.78, 5) is 27.9. The van der Waals surface area contributed by atoms with Crippen LogP contribution in [0.5, 0.6) is 0 Å². The number of carbonyl (C=O) groups is 1. The van der Waals surface area contributed by atoms with Crippen molar-refractivity contribution in [3.8, 4) is 5.69 Å². The summed E-state index contributed by atoms with van der Waals surface area (Å²) in [6, 6.07) is 9.25. The first kappa shape index (κ1) is 25.1. The molecule has 2 aromatic carbocycles. The summed E-state index contributed by atoms with van der Waals surface area (Å²) in [5.41, 5.74) is 6.92. The molecule has 1 amide bonds. The number of aromatic nitrogens is 4. The number of ether oxygens (including phenoxy) is 1. The first-order valence-electron chi connectivity index (χ1n) is 12.8. The molecule has 6 rings (SSSR count). The first-order valence-corrected chi connectivity index (χ1v) is 12.8. The number of nitrogens with two attached hydrogens (primary N) is 1. The molecule has 202 valence electrons. The maximum Gasteiger partial charge on any atom is 0.276 e. The van der Waals surface area contributed by atoms with Gasteiger partial charge in [-0.3, -0.25) is 14.3 Å². The molecule has 2 aliphatic rings. The highest BCUT2D eigenvalue weighted by Gasteiger charge is 2.31. The van der Waals surface area contributed by atoms with Crippen LogP contribution in [0.15, 0.2) is 53.5 Å². The lowest BCUT2D eigenvalue weighted by Gasteiger charge is -2.23. The molecular formula is C27H27F2N7O3. The molecule has 0 spiro atoms. The van der Waals surface area contributed by atoms with E-state index in [9.17, 15) is 18.4 Å². The van der Waals surface area contributed by atoms with E-state index >= 15 is 0 Å². The van der Waals surface area contributed by atoms with Crippen molar-refractivity contribution >= 4 is 28.2 Å². The quantitative estimate of drug-likeness (QED) is 0.403. The number of carbonyl (C=O) groups excluding carboxylic acids is 1. The van der Waals surface area contributed by atoms with E-state index in [2.05, 4.69) is 27.3 Å². The number of anilines is 2. The second-order valence-corrected chi connectivity index (χ2v) is 10.0. The molecule has 4 aromatic rings. The molecular weight excluding hydrogens is 508 g/mol. The van der Waals surface area contributed by atoms with Crippen molar-refractivity contribution in [3.05, 3.63) is 76.3 Å². The third-order valence-electron chi connectivity index (χ3n) is 7.42. The molecule has 2 saturated heterocycles. The number of nitrogens with one attached hydrogen (secondary N) is 1. The smallest absolute Gasteiger partial charge is 0.276 e. The highest BCUT2D eigenvalue weighted by molar-refractivity contribution is 6.09. The molecule has 10 nitrogen and oxygen atoms in total. The number of rotatable bonds is 5. The summed E-state index contributed by atoms with van der Waals surface area (Å²) in [6.45, 7) is 4.63. The number of hydrogen-bond donors (Lipinski definition) is 2. The Kier molecular flexibility index (Phi) is 6.35. The third-order valence-corrected chi connectivity index (χ3v) is 7.42. The standard InChI is InChI=1S/C27H27F2N7O3/c1-15-12-34(13-20(15)30)25-17-11-31-35(16-9-10-39-14-16)23(17)7-5-21(25)32-27(38)22-6-8-24(37)36(33-22)26-18(28)3-2-4-19(26)29/h2-8,11,15-16,20H,9-10,12-14,30H2,1H3,(H,32,38)/t15-,16+,20-/m0/s1. The zero-order valence-corrected chi connectivity index (χ0v) is 21.2. The number of hydrogen-bond acceptors (Lipinski definition) is 7. The number of halogens is 2. The van der Waals surface area contributed by atoms with Gasteiger partial charge in [-0.25, -0.2) is 8.78 Å². The zero-order valence-electron chi connectivity index (χ0n) is 21.2. The minimum atomic E-state index is -0.973. The van der Waals surface area contributed by atoms with Gasteiger partial charge >= 0.3 is 0 Å². The van der Waals surface area contributed by atoms with Crippen molar-refractivity contribution in [3.63, 3.8) is 0 Å². The topological polar surface area (TPSA) is 120 Å². The fourth-order valence-corrected chi connectivity index (χ4v) is 5.30. The highest BCUT2D eigenvalue weighted by atomic mass is 19.1. The number of benzene rings is 2. The van der Waals surface area contributed by atoms with Gasteiger partial charge < -0.3 is 20.7 Å². The monoisotopic (exact) mass is 535 g/mol. The van der Waals surface area contributed by atoms with Gasteiger partial charge in [0, 0.05) is 37.2 Å². The average molecular weight is 536 g/mol. The molecule has 0 saturated carbocycles. The lowest BCUT2D eigenvalue weighted by atomic mass is 10.1. The molecule has 39 heavy (non-hydrogen) atoms. The van der Waals surface area contributed by atoms with Crippen LogP contribution < -0.4 is 21.5 Å². The fraction of sp³-hybridized carbons (Fsp3) is 0.333. The summed E-state index contributed by atoms with van der Waals surface area (Å²) < 4.78 is 36.8. The summed E-state index contributed by atoms with van der Waals surface area (Å²) in [7, 11) is 0. The van der Waals surface area contributed by atoms with Crippen LogP contribution >= 0.6 is 0 Å². The molecule has 3 N–H and O–H groups in total. The minimum absolute atomic E-state index is 0.0389. The predicted molar refractivity (Wildman–Crippen MR) is 141 cm³/mol. The Morgan fingerprint density at radius 1 is 1.10 bits per heavy atom. The van der Waals surface area contributed by atoms with Gasteiger partial charge in [0.15, 0.2) is 11.6 Å². The average Bonchev–Trinajstić information content (AvgIpc) is 3.65. The molecule has 2 aliphatic heterocycles. The molecule has 2 aromatic heterocycles. The summed E-state index contributed by atoms with van der Waals surface area (Å²) in [5, 5.41) is 12.4. The normalized spacial score (nSPS) is 21.1. The van der Waals surface area contributed by atoms with Crippen molar-refractivity contribution in [2.45, 2.75) is 25.4 Å². The largest absolute Gasteiger partial charge is 0.379 e. The second-order valence-electron chi connectivity index (χ2n) is 10.0. The van der Waals surface area contributed by atoms with E-state index in [1.807, 2.05) is 10.7 Å². The number of amides is 1. The van der Waals surface area contributed by atoms with E-state index in [-0.39, 0.29) is 23.7 Å². The summed E-state index contributed by atoms with van der Waals surface area (Å²) >= 11 is 0. The zero-order chi connectivity index (χ0) is 27.3. The Bertz CT molecular complexity index is 1600. The minimum Gasteiger partial charge on any atom is -0.379 e. The van der Waals surface area contributed by atoms with E-state index in [0.29, 0.717) is 36.7 Å². The van der Waals surface area contributed by atoms with E-state index < -0.39 is 28.8 Å². The Morgan fingerprint density at radius 2 is 1.90 bits per heavy atom. The molecule has 4 heterocycles. The van der Waals surface area contributed by atoms with Crippen molar-refractivity contribution in [2.24, 2.45) is 11.7 Å². The Balaban J connectivity index is 1.40. The fourth-order valence-electron chi connectivity index (χ4n) is 5.30. The Labute approximate surface area is 222 Å². The molecule has 0 aliphatic carbocycles. The molecule has 0 bridgehead atoms. The van der Waals surface area contributed by atoms with Crippen LogP contribution in [-0.4, -0.2) is 57.8 Å². The van der Waals surface area contributed by atoms with Gasteiger partial charge in [0.1, 0.15) is 11.4 Å². The van der Waals surface area contributed by atoms with E-state index in [1.165, 1.54) is 12.1 Å². The molecule has 0 radical (unpaired) electrons. The number of para-hydroxylation sites is 1. The van der Waals surface area contributed by atoms with Crippen LogP contribution in [0.25, 0.3) is 16.6 Å². The number of nitrogens with zero attached hydrogens (tertiary/aromatic N) is 5. The van der Waals surface area contributed by atoms with Gasteiger partial charge in [-0.15, -0.1) is 0 Å². The molecule has 3 atom stereocenters. The van der Waals surface area contributed by atoms with Crippen molar-refractivity contribution < 1.29 is 18.3 Å². The van der Waals surface area contributed by atoms with Gasteiger partial charge in [-0.1, -0.05) is 13.0 Å². The van der Waals surface area contributed by atoms with Crippen molar-refractivity contribution in [1.29, 1.82) is 0 Å². The van der Waals surface area contributed by atoms with E-state index in [4.69, 9.17) is 10.5 Å². The Hall–Kier alpha value is -4.16. The summed E-state index contributed by atoms with van der Waals surface area (Å²) in [5.74, 6) is -2.35. The van der Waals surface area contributed by atoms with Crippen LogP contribution in [0, 0.1) is 17.6 Å². The van der Waals surface area contributed by atoms with Crippen molar-refractivity contribution in [1.82, 2.24) is 19.6 Å². The Morgan fingerprint density at radius 3 is 2.59 bits per heavy atom. The predicted octanol–water partition coefficient (Wildman–Crippen LogP) is 2.86. The maximum absolute atomic E-state index is 14.4. The van der Waals surface area contributed by atoms with Gasteiger partial charge in [-0.2, -0.15) is 14.9 Å². The van der Waals surface area contributed by atoms with Crippen LogP contribution in [0.3, 0.4) is 0 Å². The molecule has 2 fully saturated rings. The van der Waals surface area contributed by atoms with Crippen LogP contribution in [0.2, 0.25) is 0 Å². The lowest BCUT2D eigenvalue weighted by molar-refractivity contribution is 0.102. The first-order chi connectivity index (χ1) is 18.8. The SMILES string of the molecule is C[C@H]1CN(c2c(NC(=O)c3ccc(=O)n(-c4c(F)cccc4F)n3)ccc3c2cnn3[C@@H]2CCOC2)C[C@@H]1N. The van der Waals surface area contributed by atoms with E-state index in [0.717, 1.165) is 41.2 Å². The third kappa shape index (κ3) is 4.45. The van der Waals surface area contributed by atoms with Gasteiger partial charge in [0.05, 0.1) is 35.7 Å². The maximum atomic E-state index is 14.4. The highest BCUT2D eigenvalue weighted by Crippen LogP contribution is 2.39.